The van der Waals surface area contributed by atoms with Crippen LogP contribution in [0.1, 0.15) is 52.0 Å². The molecule has 8 nitrogen and oxygen atoms in total. The van der Waals surface area contributed by atoms with Crippen molar-refractivity contribution in [2.24, 2.45) is 11.8 Å². The standard InChI is InChI=1S/C27H30N4O4/c32-24-17-30(13-12-28-24)26(34)20-5-3-6-22(14-20)29-25(33)19-10-8-18(9-11-19)15-31-16-21-4-1-2-7-23(21)27(31)35/h1-7,14,18-19H,8-13,15-17H2,(H,28,32)(H,29,33). The van der Waals surface area contributed by atoms with Crippen LogP contribution in [-0.2, 0) is 16.1 Å². The number of hydrogen-bond donors (Lipinski definition) is 2. The lowest BCUT2D eigenvalue weighted by Gasteiger charge is -2.30. The highest BCUT2D eigenvalue weighted by atomic mass is 16.2. The van der Waals surface area contributed by atoms with Gasteiger partial charge in [-0.3, -0.25) is 19.2 Å². The molecule has 0 spiro atoms. The molecule has 3 aliphatic rings. The van der Waals surface area contributed by atoms with E-state index in [1.54, 1.807) is 24.3 Å². The Hall–Kier alpha value is -3.68. The molecule has 4 amide bonds. The van der Waals surface area contributed by atoms with Crippen LogP contribution in [0.15, 0.2) is 48.5 Å². The summed E-state index contributed by atoms with van der Waals surface area (Å²) in [6.45, 7) is 2.38. The summed E-state index contributed by atoms with van der Waals surface area (Å²) in [6.07, 6.45) is 3.39. The first-order chi connectivity index (χ1) is 17.0. The van der Waals surface area contributed by atoms with Crippen molar-refractivity contribution in [3.63, 3.8) is 0 Å². The van der Waals surface area contributed by atoms with E-state index in [0.29, 0.717) is 36.8 Å². The van der Waals surface area contributed by atoms with E-state index in [0.717, 1.165) is 43.4 Å². The summed E-state index contributed by atoms with van der Waals surface area (Å²) < 4.78 is 0. The van der Waals surface area contributed by atoms with E-state index >= 15 is 0 Å². The first-order valence-electron chi connectivity index (χ1n) is 12.3. The monoisotopic (exact) mass is 474 g/mol. The highest BCUT2D eigenvalue weighted by molar-refractivity contribution is 5.99. The maximum Gasteiger partial charge on any atom is 0.254 e. The third-order valence-corrected chi connectivity index (χ3v) is 7.29. The number of carbonyl (C=O) groups is 4. The number of hydrogen-bond acceptors (Lipinski definition) is 4. The largest absolute Gasteiger partial charge is 0.353 e. The van der Waals surface area contributed by atoms with Crippen molar-refractivity contribution in [1.29, 1.82) is 0 Å². The fraction of sp³-hybridized carbons (Fsp3) is 0.407. The van der Waals surface area contributed by atoms with Gasteiger partial charge < -0.3 is 20.4 Å². The normalized spacial score (nSPS) is 21.9. The topological polar surface area (TPSA) is 98.8 Å². The molecule has 5 rings (SSSR count). The molecule has 2 fully saturated rings. The third-order valence-electron chi connectivity index (χ3n) is 7.29. The van der Waals surface area contributed by atoms with Gasteiger partial charge in [-0.25, -0.2) is 0 Å². The van der Waals surface area contributed by atoms with Gasteiger partial charge >= 0.3 is 0 Å². The molecular formula is C27H30N4O4. The fourth-order valence-electron chi connectivity index (χ4n) is 5.35. The fourth-order valence-corrected chi connectivity index (χ4v) is 5.35. The van der Waals surface area contributed by atoms with E-state index in [4.69, 9.17) is 0 Å². The van der Waals surface area contributed by atoms with Crippen molar-refractivity contribution in [1.82, 2.24) is 15.1 Å². The molecule has 2 aromatic carbocycles. The van der Waals surface area contributed by atoms with Gasteiger partial charge in [-0.2, -0.15) is 0 Å². The van der Waals surface area contributed by atoms with Crippen molar-refractivity contribution >= 4 is 29.3 Å². The second-order valence-electron chi connectivity index (χ2n) is 9.71. The van der Waals surface area contributed by atoms with E-state index < -0.39 is 0 Å². The quantitative estimate of drug-likeness (QED) is 0.696. The number of anilines is 1. The summed E-state index contributed by atoms with van der Waals surface area (Å²) in [4.78, 5) is 53.4. The Morgan fingerprint density at radius 1 is 0.971 bits per heavy atom. The summed E-state index contributed by atoms with van der Waals surface area (Å²) in [5.74, 6) is 0.0244. The molecule has 0 radical (unpaired) electrons. The van der Waals surface area contributed by atoms with Crippen LogP contribution >= 0.6 is 0 Å². The second kappa shape index (κ2) is 9.90. The van der Waals surface area contributed by atoms with Crippen LogP contribution in [0, 0.1) is 11.8 Å². The zero-order valence-corrected chi connectivity index (χ0v) is 19.7. The number of piperazine rings is 1. The number of amides is 4. The molecule has 182 valence electrons. The van der Waals surface area contributed by atoms with Gasteiger partial charge in [0.2, 0.25) is 11.8 Å². The van der Waals surface area contributed by atoms with E-state index in [1.807, 2.05) is 29.2 Å². The van der Waals surface area contributed by atoms with Crippen molar-refractivity contribution in [3.05, 3.63) is 65.2 Å². The zero-order valence-electron chi connectivity index (χ0n) is 19.7. The zero-order chi connectivity index (χ0) is 24.4. The lowest BCUT2D eigenvalue weighted by molar-refractivity contribution is -0.123. The SMILES string of the molecule is O=C1CN(C(=O)c2cccc(NC(=O)C3CCC(CN4Cc5ccccc5C4=O)CC3)c2)CCN1. The number of carbonyl (C=O) groups excluding carboxylic acids is 4. The van der Waals surface area contributed by atoms with Gasteiger partial charge in [-0.05, 0) is 61.4 Å². The van der Waals surface area contributed by atoms with Crippen molar-refractivity contribution in [3.8, 4) is 0 Å². The molecule has 0 bridgehead atoms. The van der Waals surface area contributed by atoms with E-state index in [1.165, 1.54) is 4.90 Å². The summed E-state index contributed by atoms with van der Waals surface area (Å²) in [7, 11) is 0. The smallest absolute Gasteiger partial charge is 0.254 e. The predicted octanol–water partition coefficient (Wildman–Crippen LogP) is 2.66. The average molecular weight is 475 g/mol. The molecule has 2 N–H and O–H groups in total. The first kappa shape index (κ1) is 23.1. The van der Waals surface area contributed by atoms with Crippen LogP contribution < -0.4 is 10.6 Å². The van der Waals surface area contributed by atoms with Crippen molar-refractivity contribution < 1.29 is 19.2 Å². The summed E-state index contributed by atoms with van der Waals surface area (Å²) in [5.41, 5.74) is 2.95. The second-order valence-corrected chi connectivity index (χ2v) is 9.71. The minimum atomic E-state index is -0.213. The van der Waals surface area contributed by atoms with Crippen LogP contribution in [0.3, 0.4) is 0 Å². The van der Waals surface area contributed by atoms with Crippen molar-refractivity contribution in [2.75, 3.05) is 31.5 Å². The Morgan fingerprint density at radius 2 is 1.77 bits per heavy atom. The number of nitrogens with one attached hydrogen (secondary N) is 2. The van der Waals surface area contributed by atoms with Crippen molar-refractivity contribution in [2.45, 2.75) is 32.2 Å². The molecule has 35 heavy (non-hydrogen) atoms. The van der Waals surface area contributed by atoms with Crippen LogP contribution in [-0.4, -0.2) is 59.6 Å². The highest BCUT2D eigenvalue weighted by Gasteiger charge is 2.32. The predicted molar refractivity (Wildman–Crippen MR) is 131 cm³/mol. The minimum absolute atomic E-state index is 0.0324. The van der Waals surface area contributed by atoms with Gasteiger partial charge in [0.15, 0.2) is 0 Å². The Labute approximate surface area is 204 Å². The number of benzene rings is 2. The lowest BCUT2D eigenvalue weighted by Crippen LogP contribution is -2.49. The molecule has 1 saturated heterocycles. The molecule has 1 aliphatic carbocycles. The molecule has 1 saturated carbocycles. The summed E-state index contributed by atoms with van der Waals surface area (Å²) in [5, 5.41) is 5.68. The van der Waals surface area contributed by atoms with Crippen LogP contribution in [0.4, 0.5) is 5.69 Å². The third kappa shape index (κ3) is 5.06. The molecule has 2 aromatic rings. The average Bonchev–Trinajstić information content (AvgIpc) is 3.19. The van der Waals surface area contributed by atoms with Gasteiger partial charge in [0, 0.05) is 48.9 Å². The molecule has 0 aromatic heterocycles. The van der Waals surface area contributed by atoms with Crippen LogP contribution in [0.25, 0.3) is 0 Å². The van der Waals surface area contributed by atoms with Gasteiger partial charge in [-0.15, -0.1) is 0 Å². The van der Waals surface area contributed by atoms with Gasteiger partial charge in [0.25, 0.3) is 11.8 Å². The number of rotatable bonds is 5. The Kier molecular flexibility index (Phi) is 6.53. The number of fused-ring (bicyclic) bond motifs is 1. The molecule has 2 heterocycles. The van der Waals surface area contributed by atoms with E-state index in [2.05, 4.69) is 10.6 Å². The first-order valence-corrected chi connectivity index (χ1v) is 12.3. The maximum atomic E-state index is 12.9. The van der Waals surface area contributed by atoms with Crippen LogP contribution in [0.5, 0.6) is 0 Å². The minimum Gasteiger partial charge on any atom is -0.353 e. The Bertz CT molecular complexity index is 1160. The molecule has 0 unspecified atom stereocenters. The number of nitrogens with zero attached hydrogens (tertiary/aromatic N) is 2. The molecule has 0 atom stereocenters. The summed E-state index contributed by atoms with van der Waals surface area (Å²) in [6, 6.07) is 14.7. The van der Waals surface area contributed by atoms with Crippen LogP contribution in [0.2, 0.25) is 0 Å². The molecule has 8 heteroatoms. The van der Waals surface area contributed by atoms with Gasteiger partial charge in [-0.1, -0.05) is 24.3 Å². The van der Waals surface area contributed by atoms with Gasteiger partial charge in [0.1, 0.15) is 0 Å². The highest BCUT2D eigenvalue weighted by Crippen LogP contribution is 2.32. The molecule has 2 aliphatic heterocycles. The Morgan fingerprint density at radius 3 is 2.54 bits per heavy atom. The Balaban J connectivity index is 1.12. The van der Waals surface area contributed by atoms with E-state index in [-0.39, 0.29) is 36.1 Å². The maximum absolute atomic E-state index is 12.9. The summed E-state index contributed by atoms with van der Waals surface area (Å²) >= 11 is 0. The van der Waals surface area contributed by atoms with E-state index in [9.17, 15) is 19.2 Å². The van der Waals surface area contributed by atoms with Gasteiger partial charge in [0.05, 0.1) is 6.54 Å². The lowest BCUT2D eigenvalue weighted by atomic mass is 9.81. The molecular weight excluding hydrogens is 444 g/mol.